The van der Waals surface area contributed by atoms with Crippen LogP contribution < -0.4 is 10.3 Å². The van der Waals surface area contributed by atoms with Crippen LogP contribution in [0.3, 0.4) is 0 Å². The highest BCUT2D eigenvalue weighted by Crippen LogP contribution is 2.32. The van der Waals surface area contributed by atoms with Gasteiger partial charge in [-0.2, -0.15) is 0 Å². The summed E-state index contributed by atoms with van der Waals surface area (Å²) in [5, 5.41) is 9.02. The van der Waals surface area contributed by atoms with E-state index in [-0.39, 0.29) is 6.04 Å². The molecule has 0 saturated carbocycles. The first-order chi connectivity index (χ1) is 11.2. The molecule has 0 fully saturated rings. The fourth-order valence-electron chi connectivity index (χ4n) is 2.93. The Morgan fingerprint density at radius 3 is 2.78 bits per heavy atom. The molecule has 0 bridgehead atoms. The summed E-state index contributed by atoms with van der Waals surface area (Å²) in [5.41, 5.74) is 4.29. The normalized spacial score (nSPS) is 18.4. The predicted octanol–water partition coefficient (Wildman–Crippen LogP) is 3.57. The van der Waals surface area contributed by atoms with E-state index < -0.39 is 0 Å². The highest BCUT2D eigenvalue weighted by Gasteiger charge is 2.28. The molecule has 3 aromatic rings. The number of rotatable bonds is 3. The molecule has 1 atom stereocenters. The Kier molecular flexibility index (Phi) is 3.28. The Bertz CT molecular complexity index is 852. The molecule has 3 heterocycles. The first-order valence-corrected chi connectivity index (χ1v) is 7.72. The minimum absolute atomic E-state index is 0.261. The van der Waals surface area contributed by atoms with Gasteiger partial charge in [-0.3, -0.25) is 5.01 Å². The third kappa shape index (κ3) is 2.35. The number of H-pyrrole nitrogens is 1. The quantitative estimate of drug-likeness (QED) is 0.776. The van der Waals surface area contributed by atoms with Crippen molar-refractivity contribution in [3.63, 3.8) is 0 Å². The van der Waals surface area contributed by atoms with Crippen LogP contribution in [0.1, 0.15) is 6.92 Å². The number of nitrogens with one attached hydrogen (secondary N) is 2. The molecule has 5 nitrogen and oxygen atoms in total. The van der Waals surface area contributed by atoms with Gasteiger partial charge < -0.3 is 10.3 Å². The Morgan fingerprint density at radius 1 is 1.13 bits per heavy atom. The van der Waals surface area contributed by atoms with Gasteiger partial charge in [0.2, 0.25) is 0 Å². The third-order valence-corrected chi connectivity index (χ3v) is 4.36. The van der Waals surface area contributed by atoms with E-state index in [0.717, 1.165) is 22.4 Å². The minimum atomic E-state index is 0.261. The molecule has 2 aromatic heterocycles. The molecule has 1 aliphatic rings. The van der Waals surface area contributed by atoms with Crippen molar-refractivity contribution in [2.45, 2.75) is 13.0 Å². The van der Waals surface area contributed by atoms with Crippen molar-refractivity contribution in [2.75, 3.05) is 17.4 Å². The fraction of sp³-hybridized carbons (Fsp3) is 0.167. The van der Waals surface area contributed by atoms with E-state index in [1.54, 1.807) is 0 Å². The van der Waals surface area contributed by atoms with Crippen molar-refractivity contribution >= 4 is 22.4 Å². The van der Waals surface area contributed by atoms with Gasteiger partial charge in [-0.05, 0) is 31.2 Å². The predicted molar refractivity (Wildman–Crippen MR) is 93.9 cm³/mol. The van der Waals surface area contributed by atoms with Crippen molar-refractivity contribution in [2.24, 2.45) is 0 Å². The van der Waals surface area contributed by atoms with Gasteiger partial charge in [0.1, 0.15) is 5.65 Å². The molecule has 1 aliphatic heterocycles. The van der Waals surface area contributed by atoms with Crippen LogP contribution in [0.5, 0.6) is 0 Å². The molecule has 5 heteroatoms. The van der Waals surface area contributed by atoms with Gasteiger partial charge in [0.05, 0.1) is 17.4 Å². The van der Waals surface area contributed by atoms with E-state index in [1.807, 2.05) is 36.7 Å². The molecule has 0 radical (unpaired) electrons. The molecule has 4 rings (SSSR count). The zero-order valence-electron chi connectivity index (χ0n) is 13.2. The van der Waals surface area contributed by atoms with Gasteiger partial charge in [-0.25, -0.2) is 9.99 Å². The van der Waals surface area contributed by atoms with Crippen molar-refractivity contribution in [1.29, 1.82) is 0 Å². The van der Waals surface area contributed by atoms with Gasteiger partial charge in [-0.15, -0.1) is 0 Å². The van der Waals surface area contributed by atoms with Crippen molar-refractivity contribution < 1.29 is 0 Å². The van der Waals surface area contributed by atoms with Crippen molar-refractivity contribution in [3.8, 4) is 0 Å². The zero-order chi connectivity index (χ0) is 15.8. The second-order valence-electron chi connectivity index (χ2n) is 5.74. The van der Waals surface area contributed by atoms with Crippen LogP contribution in [0.15, 0.2) is 66.8 Å². The topological polar surface area (TPSA) is 47.2 Å². The molecule has 116 valence electrons. The summed E-state index contributed by atoms with van der Waals surface area (Å²) in [6.07, 6.45) is 5.91. The van der Waals surface area contributed by atoms with Crippen LogP contribution in [0.4, 0.5) is 11.4 Å². The van der Waals surface area contributed by atoms with E-state index in [9.17, 15) is 0 Å². The number of para-hydroxylation sites is 1. The van der Waals surface area contributed by atoms with E-state index in [4.69, 9.17) is 0 Å². The van der Waals surface area contributed by atoms with E-state index in [0.29, 0.717) is 0 Å². The van der Waals surface area contributed by atoms with Gasteiger partial charge >= 0.3 is 0 Å². The summed E-state index contributed by atoms with van der Waals surface area (Å²) in [6, 6.07) is 14.6. The number of benzene rings is 1. The van der Waals surface area contributed by atoms with E-state index >= 15 is 0 Å². The zero-order valence-corrected chi connectivity index (χ0v) is 13.2. The Balaban J connectivity index is 1.70. The SMILES string of the molecule is CC1C(Nc2ccccc2)=CN(c2ccnc3[nH]ccc23)N1C. The number of anilines is 2. The minimum Gasteiger partial charge on any atom is -0.356 e. The number of pyridine rings is 1. The maximum Gasteiger partial charge on any atom is 0.139 e. The number of aromatic nitrogens is 2. The summed E-state index contributed by atoms with van der Waals surface area (Å²) < 4.78 is 0. The Labute approximate surface area is 135 Å². The van der Waals surface area contributed by atoms with Crippen LogP contribution in [-0.2, 0) is 0 Å². The largest absolute Gasteiger partial charge is 0.356 e. The van der Waals surface area contributed by atoms with Gasteiger partial charge in [0.25, 0.3) is 0 Å². The Hall–Kier alpha value is -2.79. The van der Waals surface area contributed by atoms with E-state index in [1.165, 1.54) is 5.70 Å². The number of hydrazine groups is 1. The van der Waals surface area contributed by atoms with Crippen molar-refractivity contribution in [1.82, 2.24) is 15.0 Å². The lowest BCUT2D eigenvalue weighted by atomic mass is 10.2. The summed E-state index contributed by atoms with van der Waals surface area (Å²) in [6.45, 7) is 2.19. The standard InChI is InChI=1S/C18H19N5/c1-13-16(21-14-6-4-3-5-7-14)12-23(22(13)2)17-9-11-20-18-15(17)8-10-19-18/h3-13,21H,1-2H3,(H,19,20). The molecule has 2 N–H and O–H groups in total. The maximum atomic E-state index is 4.37. The van der Waals surface area contributed by atoms with Crippen LogP contribution in [0.25, 0.3) is 11.0 Å². The van der Waals surface area contributed by atoms with Crippen LogP contribution in [-0.4, -0.2) is 28.1 Å². The van der Waals surface area contributed by atoms with Gasteiger partial charge in [0, 0.05) is 36.7 Å². The average Bonchev–Trinajstić information content (AvgIpc) is 3.16. The summed E-state index contributed by atoms with van der Waals surface area (Å²) in [4.78, 5) is 7.53. The average molecular weight is 305 g/mol. The molecule has 1 aromatic carbocycles. The first kappa shape index (κ1) is 13.8. The molecule has 0 spiro atoms. The number of likely N-dealkylation sites (N-methyl/N-ethyl adjacent to an activating group) is 1. The lowest BCUT2D eigenvalue weighted by Gasteiger charge is -2.29. The molecule has 1 unspecified atom stereocenters. The monoisotopic (exact) mass is 305 g/mol. The molecule has 0 saturated heterocycles. The number of hydrogen-bond donors (Lipinski definition) is 2. The Morgan fingerprint density at radius 2 is 1.96 bits per heavy atom. The third-order valence-electron chi connectivity index (χ3n) is 4.36. The number of nitrogens with zero attached hydrogens (tertiary/aromatic N) is 3. The lowest BCUT2D eigenvalue weighted by Crippen LogP contribution is -2.37. The molecule has 0 aliphatic carbocycles. The van der Waals surface area contributed by atoms with Crippen LogP contribution in [0, 0.1) is 0 Å². The summed E-state index contributed by atoms with van der Waals surface area (Å²) in [5.74, 6) is 0. The van der Waals surface area contributed by atoms with Crippen molar-refractivity contribution in [3.05, 3.63) is 66.8 Å². The molecule has 0 amide bonds. The van der Waals surface area contributed by atoms with Gasteiger partial charge in [-0.1, -0.05) is 18.2 Å². The second-order valence-corrected chi connectivity index (χ2v) is 5.74. The second kappa shape index (κ2) is 5.44. The number of fused-ring (bicyclic) bond motifs is 1. The fourth-order valence-corrected chi connectivity index (χ4v) is 2.93. The molecule has 23 heavy (non-hydrogen) atoms. The number of aromatic amines is 1. The highest BCUT2D eigenvalue weighted by molar-refractivity contribution is 5.90. The van der Waals surface area contributed by atoms with Gasteiger partial charge in [0.15, 0.2) is 0 Å². The molecular weight excluding hydrogens is 286 g/mol. The van der Waals surface area contributed by atoms with Crippen LogP contribution >= 0.6 is 0 Å². The van der Waals surface area contributed by atoms with Crippen LogP contribution in [0.2, 0.25) is 0 Å². The number of hydrogen-bond acceptors (Lipinski definition) is 4. The first-order valence-electron chi connectivity index (χ1n) is 7.72. The smallest absolute Gasteiger partial charge is 0.139 e. The molecular formula is C18H19N5. The van der Waals surface area contributed by atoms with E-state index in [2.05, 4.69) is 63.7 Å². The maximum absolute atomic E-state index is 4.37. The lowest BCUT2D eigenvalue weighted by molar-refractivity contribution is 0.316. The summed E-state index contributed by atoms with van der Waals surface area (Å²) >= 11 is 0. The highest BCUT2D eigenvalue weighted by atomic mass is 15.6. The summed E-state index contributed by atoms with van der Waals surface area (Å²) in [7, 11) is 2.10.